The summed E-state index contributed by atoms with van der Waals surface area (Å²) in [5, 5.41) is 16.5. The van der Waals surface area contributed by atoms with Gasteiger partial charge in [-0.15, -0.1) is 0 Å². The molecule has 250 valence electrons. The number of nitrogens with one attached hydrogen (secondary N) is 2. The monoisotopic (exact) mass is 610 g/mol. The average Bonchev–Trinajstić information content (AvgIpc) is 2.99. The van der Waals surface area contributed by atoms with Crippen LogP contribution in [0.15, 0.2) is 0 Å². The third-order valence-corrected chi connectivity index (χ3v) is 10.0. The fraction of sp³-hybridized carbons (Fsp3) is 0.941. The van der Waals surface area contributed by atoms with Gasteiger partial charge in [0.25, 0.3) is 0 Å². The molecule has 0 aromatic carbocycles. The Morgan fingerprint density at radius 2 is 1.51 bits per heavy atom. The molecule has 9 heteroatoms. The molecule has 0 aromatic heterocycles. The van der Waals surface area contributed by atoms with Gasteiger partial charge in [0.05, 0.1) is 38.6 Å². The zero-order valence-electron chi connectivity index (χ0n) is 27.3. The Morgan fingerprint density at radius 3 is 2.30 bits per heavy atom. The van der Waals surface area contributed by atoms with Crippen molar-refractivity contribution in [3.63, 3.8) is 0 Å². The molecule has 0 heterocycles. The van der Waals surface area contributed by atoms with Gasteiger partial charge in [-0.3, -0.25) is 9.59 Å². The first-order valence-corrected chi connectivity index (χ1v) is 17.5. The third kappa shape index (κ3) is 13.7. The molecule has 0 radical (unpaired) electrons. The molecule has 2 amide bonds. The number of aliphatic hydroxyl groups is 1. The summed E-state index contributed by atoms with van der Waals surface area (Å²) in [7, 11) is 0. The summed E-state index contributed by atoms with van der Waals surface area (Å²) in [6.45, 7) is 9.67. The van der Waals surface area contributed by atoms with Gasteiger partial charge in [0, 0.05) is 32.7 Å². The molecule has 0 bridgehead atoms. The van der Waals surface area contributed by atoms with Crippen LogP contribution in [0.25, 0.3) is 0 Å². The summed E-state index contributed by atoms with van der Waals surface area (Å²) in [4.78, 5) is 24.4. The SMILES string of the molecule is CCCOCCOCCOCCCNC(=O)CCCCCCNC(=O)CO[C@H]1CC[C@]2(C)CC3C(O)CCCC3CC2C1. The van der Waals surface area contributed by atoms with Crippen LogP contribution in [0.4, 0.5) is 0 Å². The van der Waals surface area contributed by atoms with Gasteiger partial charge in [-0.2, -0.15) is 0 Å². The van der Waals surface area contributed by atoms with Crippen molar-refractivity contribution in [2.24, 2.45) is 23.2 Å². The molecule has 0 spiro atoms. The van der Waals surface area contributed by atoms with E-state index < -0.39 is 0 Å². The summed E-state index contributed by atoms with van der Waals surface area (Å²) < 4.78 is 22.4. The second-order valence-electron chi connectivity index (χ2n) is 13.5. The molecule has 43 heavy (non-hydrogen) atoms. The van der Waals surface area contributed by atoms with E-state index in [1.807, 2.05) is 0 Å². The zero-order chi connectivity index (χ0) is 30.8. The lowest BCUT2D eigenvalue weighted by atomic mass is 9.52. The second-order valence-corrected chi connectivity index (χ2v) is 13.5. The molecule has 0 aromatic rings. The number of hydrogen-bond acceptors (Lipinski definition) is 7. The number of fused-ring (bicyclic) bond motifs is 2. The Kier molecular flexibility index (Phi) is 17.4. The molecular weight excluding hydrogens is 548 g/mol. The van der Waals surface area contributed by atoms with Crippen LogP contribution in [0.3, 0.4) is 0 Å². The van der Waals surface area contributed by atoms with Gasteiger partial charge in [0.1, 0.15) is 6.61 Å². The number of amides is 2. The minimum absolute atomic E-state index is 0.0275. The van der Waals surface area contributed by atoms with Crippen LogP contribution in [-0.2, 0) is 28.5 Å². The van der Waals surface area contributed by atoms with Crippen LogP contribution >= 0.6 is 0 Å². The van der Waals surface area contributed by atoms with E-state index in [0.29, 0.717) is 75.7 Å². The molecule has 3 saturated carbocycles. The van der Waals surface area contributed by atoms with E-state index in [4.69, 9.17) is 18.9 Å². The highest BCUT2D eigenvalue weighted by molar-refractivity contribution is 5.77. The van der Waals surface area contributed by atoms with Crippen molar-refractivity contribution in [1.82, 2.24) is 10.6 Å². The molecule has 3 fully saturated rings. The second kappa shape index (κ2) is 20.7. The van der Waals surface area contributed by atoms with Crippen LogP contribution in [0.1, 0.15) is 110 Å². The fourth-order valence-corrected chi connectivity index (χ4v) is 7.46. The summed E-state index contributed by atoms with van der Waals surface area (Å²) in [5.41, 5.74) is 0.316. The number of hydrogen-bond donors (Lipinski definition) is 3. The van der Waals surface area contributed by atoms with Gasteiger partial charge < -0.3 is 34.7 Å². The van der Waals surface area contributed by atoms with Crippen molar-refractivity contribution in [2.45, 2.75) is 122 Å². The molecule has 6 atom stereocenters. The van der Waals surface area contributed by atoms with E-state index in [-0.39, 0.29) is 30.6 Å². The van der Waals surface area contributed by atoms with Crippen molar-refractivity contribution in [3.8, 4) is 0 Å². The van der Waals surface area contributed by atoms with Crippen LogP contribution < -0.4 is 10.6 Å². The molecule has 0 saturated heterocycles. The van der Waals surface area contributed by atoms with Crippen LogP contribution in [-0.4, -0.2) is 88.5 Å². The topological polar surface area (TPSA) is 115 Å². The predicted molar refractivity (Wildman–Crippen MR) is 168 cm³/mol. The number of rotatable bonds is 22. The van der Waals surface area contributed by atoms with E-state index in [1.54, 1.807) is 0 Å². The van der Waals surface area contributed by atoms with Crippen molar-refractivity contribution < 1.29 is 33.6 Å². The number of carbonyl (C=O) groups is 2. The van der Waals surface area contributed by atoms with E-state index >= 15 is 0 Å². The third-order valence-electron chi connectivity index (χ3n) is 10.0. The summed E-state index contributed by atoms with van der Waals surface area (Å²) in [5.74, 6) is 1.87. The molecule has 4 unspecified atom stereocenters. The highest BCUT2D eigenvalue weighted by Gasteiger charge is 2.50. The Bertz CT molecular complexity index is 784. The van der Waals surface area contributed by atoms with Crippen molar-refractivity contribution in [2.75, 3.05) is 59.3 Å². The van der Waals surface area contributed by atoms with Gasteiger partial charge in [-0.25, -0.2) is 0 Å². The maximum Gasteiger partial charge on any atom is 0.246 e. The first-order chi connectivity index (χ1) is 20.9. The number of unbranched alkanes of at least 4 members (excludes halogenated alkanes) is 3. The lowest BCUT2D eigenvalue weighted by Crippen LogP contribution is -2.49. The maximum atomic E-state index is 12.4. The number of aliphatic hydroxyl groups excluding tert-OH is 1. The summed E-state index contributed by atoms with van der Waals surface area (Å²) in [6.07, 6.45) is 15.1. The van der Waals surface area contributed by atoms with Gasteiger partial charge >= 0.3 is 0 Å². The fourth-order valence-electron chi connectivity index (χ4n) is 7.46. The highest BCUT2D eigenvalue weighted by Crippen LogP contribution is 2.56. The summed E-state index contributed by atoms with van der Waals surface area (Å²) in [6, 6.07) is 0. The molecule has 3 rings (SSSR count). The van der Waals surface area contributed by atoms with Crippen LogP contribution in [0, 0.1) is 23.2 Å². The van der Waals surface area contributed by atoms with Crippen molar-refractivity contribution in [1.29, 1.82) is 0 Å². The average molecular weight is 611 g/mol. The summed E-state index contributed by atoms with van der Waals surface area (Å²) >= 11 is 0. The first kappa shape index (κ1) is 36.2. The molecular formula is C34H62N2O7. The van der Waals surface area contributed by atoms with Gasteiger partial charge in [0.15, 0.2) is 0 Å². The largest absolute Gasteiger partial charge is 0.393 e. The van der Waals surface area contributed by atoms with Crippen LogP contribution in [0.5, 0.6) is 0 Å². The standard InChI is InChI=1S/C34H62N2O7/c1-3-17-40-19-21-42-22-20-41-18-9-16-35-32(38)12-6-4-5-7-15-36-33(39)26-43-29-13-14-34(2)25-30-27(23-28(34)24-29)10-8-11-31(30)37/h27-31,37H,3-26H2,1-2H3,(H,35,38)(H,36,39)/t27?,28?,29-,30?,31?,34+/m0/s1. The maximum absolute atomic E-state index is 12.4. The minimum Gasteiger partial charge on any atom is -0.393 e. The van der Waals surface area contributed by atoms with Gasteiger partial charge in [-0.05, 0) is 93.8 Å². The molecule has 3 N–H and O–H groups in total. The Hall–Kier alpha value is -1.26. The lowest BCUT2D eigenvalue weighted by Gasteiger charge is -2.54. The molecule has 3 aliphatic rings. The Balaban J connectivity index is 1.09. The predicted octanol–water partition coefficient (Wildman–Crippen LogP) is 4.78. The van der Waals surface area contributed by atoms with Gasteiger partial charge in [0.2, 0.25) is 11.8 Å². The Labute approximate surface area is 260 Å². The van der Waals surface area contributed by atoms with E-state index in [1.165, 1.54) is 12.8 Å². The minimum atomic E-state index is -0.104. The smallest absolute Gasteiger partial charge is 0.246 e. The quantitative estimate of drug-likeness (QED) is 0.151. The molecule has 0 aliphatic heterocycles. The van der Waals surface area contributed by atoms with Crippen molar-refractivity contribution in [3.05, 3.63) is 0 Å². The van der Waals surface area contributed by atoms with E-state index in [0.717, 1.165) is 83.7 Å². The van der Waals surface area contributed by atoms with Crippen LogP contribution in [0.2, 0.25) is 0 Å². The Morgan fingerprint density at radius 1 is 0.814 bits per heavy atom. The first-order valence-electron chi connectivity index (χ1n) is 17.5. The number of ether oxygens (including phenoxy) is 4. The van der Waals surface area contributed by atoms with Crippen molar-refractivity contribution >= 4 is 11.8 Å². The van der Waals surface area contributed by atoms with E-state index in [9.17, 15) is 14.7 Å². The van der Waals surface area contributed by atoms with Gasteiger partial charge in [-0.1, -0.05) is 33.1 Å². The normalized spacial score (nSPS) is 28.6. The van der Waals surface area contributed by atoms with E-state index in [2.05, 4.69) is 24.5 Å². The molecule has 3 aliphatic carbocycles. The lowest BCUT2D eigenvalue weighted by molar-refractivity contribution is -0.133. The zero-order valence-corrected chi connectivity index (χ0v) is 27.3. The number of carbonyl (C=O) groups excluding carboxylic acids is 2. The molecule has 9 nitrogen and oxygen atoms in total. The highest BCUT2D eigenvalue weighted by atomic mass is 16.5.